The van der Waals surface area contributed by atoms with Crippen LogP contribution in [-0.4, -0.2) is 75.1 Å². The number of benzene rings is 1. The Balaban J connectivity index is 1.48. The second-order valence-electron chi connectivity index (χ2n) is 7.07. The van der Waals surface area contributed by atoms with E-state index in [1.807, 2.05) is 0 Å². The van der Waals surface area contributed by atoms with Crippen molar-refractivity contribution in [2.24, 2.45) is 0 Å². The number of hydrogen-bond donors (Lipinski definition) is 0. The van der Waals surface area contributed by atoms with Crippen LogP contribution in [0.15, 0.2) is 30.5 Å². The number of likely N-dealkylation sites (N-methyl/N-ethyl adjacent to an activating group) is 2. The fraction of sp³-hybridized carbons (Fsp3) is 0.579. The van der Waals surface area contributed by atoms with E-state index >= 15 is 0 Å². The molecule has 1 atom stereocenters. The molecule has 1 saturated heterocycles. The summed E-state index contributed by atoms with van der Waals surface area (Å²) in [6, 6.07) is 6.41. The van der Waals surface area contributed by atoms with E-state index in [2.05, 4.69) is 66.2 Å². The maximum absolute atomic E-state index is 6.17. The third-order valence-corrected chi connectivity index (χ3v) is 5.02. The molecular formula is C19H28BN3O. The van der Waals surface area contributed by atoms with Gasteiger partial charge in [0.15, 0.2) is 0 Å². The maximum Gasteiger partial charge on any atom is 0.124 e. The van der Waals surface area contributed by atoms with Crippen LogP contribution in [0.2, 0.25) is 6.32 Å². The molecule has 5 heteroatoms. The van der Waals surface area contributed by atoms with Gasteiger partial charge in [0.2, 0.25) is 0 Å². The molecular weight excluding hydrogens is 297 g/mol. The largest absolute Gasteiger partial charge is 0.487 e. The first-order valence-corrected chi connectivity index (χ1v) is 8.84. The van der Waals surface area contributed by atoms with Gasteiger partial charge in [-0.05, 0) is 43.8 Å². The standard InChI is InChI=1S/C19H28BN3O/c1-15-11-16(7-8-20)5-6-18(15)24-17-12-23(13-17)14-19-21(2)9-4-10-22(19)3/h4-6,9,11,17,19H,7-8,10,12-14H2,1-3H3. The van der Waals surface area contributed by atoms with E-state index in [-0.39, 0.29) is 0 Å². The lowest BCUT2D eigenvalue weighted by molar-refractivity contribution is -0.0176. The Kier molecular flexibility index (Phi) is 5.52. The highest BCUT2D eigenvalue weighted by Gasteiger charge is 2.32. The number of hydrogen-bond acceptors (Lipinski definition) is 4. The summed E-state index contributed by atoms with van der Waals surface area (Å²) in [6.45, 7) is 6.21. The zero-order valence-electron chi connectivity index (χ0n) is 15.1. The lowest BCUT2D eigenvalue weighted by atomic mass is 9.96. The van der Waals surface area contributed by atoms with Crippen LogP contribution in [0.5, 0.6) is 5.75 Å². The quantitative estimate of drug-likeness (QED) is 0.744. The van der Waals surface area contributed by atoms with Gasteiger partial charge in [-0.1, -0.05) is 24.5 Å². The number of rotatable bonds is 6. The first-order valence-electron chi connectivity index (χ1n) is 8.84. The van der Waals surface area contributed by atoms with Crippen molar-refractivity contribution in [2.45, 2.75) is 31.9 Å². The second-order valence-corrected chi connectivity index (χ2v) is 7.07. The number of ether oxygens (including phenoxy) is 1. The Morgan fingerprint density at radius 3 is 2.71 bits per heavy atom. The van der Waals surface area contributed by atoms with Crippen LogP contribution in [0.4, 0.5) is 0 Å². The summed E-state index contributed by atoms with van der Waals surface area (Å²) < 4.78 is 6.17. The fourth-order valence-electron chi connectivity index (χ4n) is 3.50. The monoisotopic (exact) mass is 325 g/mol. The molecule has 0 spiro atoms. The summed E-state index contributed by atoms with van der Waals surface area (Å²) in [7, 11) is 9.96. The average molecular weight is 325 g/mol. The van der Waals surface area contributed by atoms with E-state index < -0.39 is 0 Å². The van der Waals surface area contributed by atoms with E-state index in [9.17, 15) is 0 Å². The zero-order valence-corrected chi connectivity index (χ0v) is 15.1. The minimum Gasteiger partial charge on any atom is -0.487 e. The molecule has 4 nitrogen and oxygen atoms in total. The van der Waals surface area contributed by atoms with E-state index in [0.717, 1.165) is 38.3 Å². The van der Waals surface area contributed by atoms with Gasteiger partial charge in [0.05, 0.1) is 14.0 Å². The second kappa shape index (κ2) is 7.62. The van der Waals surface area contributed by atoms with Gasteiger partial charge in [-0.25, -0.2) is 0 Å². The third kappa shape index (κ3) is 3.96. The molecule has 1 aromatic rings. The molecule has 3 rings (SSSR count). The van der Waals surface area contributed by atoms with Gasteiger partial charge < -0.3 is 9.64 Å². The molecule has 0 aromatic heterocycles. The van der Waals surface area contributed by atoms with Gasteiger partial charge in [0.25, 0.3) is 0 Å². The lowest BCUT2D eigenvalue weighted by Gasteiger charge is -2.45. The van der Waals surface area contributed by atoms with Crippen molar-refractivity contribution in [3.8, 4) is 5.75 Å². The highest BCUT2D eigenvalue weighted by Crippen LogP contribution is 2.24. The van der Waals surface area contributed by atoms with E-state index in [4.69, 9.17) is 12.6 Å². The van der Waals surface area contributed by atoms with Crippen molar-refractivity contribution in [1.29, 1.82) is 0 Å². The average Bonchev–Trinajstić information content (AvgIpc) is 2.50. The Morgan fingerprint density at radius 1 is 1.25 bits per heavy atom. The van der Waals surface area contributed by atoms with Crippen LogP contribution in [0, 0.1) is 6.92 Å². The van der Waals surface area contributed by atoms with Crippen molar-refractivity contribution in [3.05, 3.63) is 41.6 Å². The smallest absolute Gasteiger partial charge is 0.124 e. The normalized spacial score (nSPS) is 22.6. The van der Waals surface area contributed by atoms with Gasteiger partial charge in [0.1, 0.15) is 11.9 Å². The topological polar surface area (TPSA) is 19.0 Å². The first kappa shape index (κ1) is 17.4. The molecule has 0 bridgehead atoms. The molecule has 1 aromatic carbocycles. The van der Waals surface area contributed by atoms with Gasteiger partial charge in [-0.15, -0.1) is 0 Å². The maximum atomic E-state index is 6.17. The highest BCUT2D eigenvalue weighted by atomic mass is 16.5. The third-order valence-electron chi connectivity index (χ3n) is 5.02. The predicted octanol–water partition coefficient (Wildman–Crippen LogP) is 1.90. The summed E-state index contributed by atoms with van der Waals surface area (Å²) in [5, 5.41) is 0. The van der Waals surface area contributed by atoms with Gasteiger partial charge >= 0.3 is 0 Å². The number of aryl methyl sites for hydroxylation is 2. The summed E-state index contributed by atoms with van der Waals surface area (Å²) in [4.78, 5) is 7.14. The molecule has 0 amide bonds. The van der Waals surface area contributed by atoms with Crippen LogP contribution < -0.4 is 4.74 Å². The Morgan fingerprint density at radius 2 is 2.04 bits per heavy atom. The van der Waals surface area contributed by atoms with Gasteiger partial charge in [0, 0.05) is 33.2 Å². The Bertz CT molecular complexity index is 586. The molecule has 24 heavy (non-hydrogen) atoms. The molecule has 2 radical (unpaired) electrons. The molecule has 1 fully saturated rings. The van der Waals surface area contributed by atoms with Crippen LogP contribution in [0.3, 0.4) is 0 Å². The lowest BCUT2D eigenvalue weighted by Crippen LogP contribution is -2.60. The van der Waals surface area contributed by atoms with Gasteiger partial charge in [-0.3, -0.25) is 9.80 Å². The fourth-order valence-corrected chi connectivity index (χ4v) is 3.50. The molecule has 2 aliphatic rings. The Labute approximate surface area is 147 Å². The molecule has 2 heterocycles. The van der Waals surface area contributed by atoms with Crippen molar-refractivity contribution in [2.75, 3.05) is 40.3 Å². The summed E-state index contributed by atoms with van der Waals surface area (Å²) in [6.07, 6.45) is 6.76. The highest BCUT2D eigenvalue weighted by molar-refractivity contribution is 6.08. The van der Waals surface area contributed by atoms with E-state index in [1.54, 1.807) is 0 Å². The van der Waals surface area contributed by atoms with Crippen LogP contribution >= 0.6 is 0 Å². The molecule has 2 aliphatic heterocycles. The minimum atomic E-state index is 0.304. The minimum absolute atomic E-state index is 0.304. The molecule has 0 aliphatic carbocycles. The van der Waals surface area contributed by atoms with Crippen LogP contribution in [0.25, 0.3) is 0 Å². The SMILES string of the molecule is [B]CCc1ccc(OC2CN(CC3N(C)C=CCN3C)C2)c(C)c1. The Hall–Kier alpha value is -1.46. The molecule has 0 saturated carbocycles. The molecule has 128 valence electrons. The zero-order chi connectivity index (χ0) is 17.1. The van der Waals surface area contributed by atoms with Crippen molar-refractivity contribution >= 4 is 7.85 Å². The summed E-state index contributed by atoms with van der Waals surface area (Å²) in [5.41, 5.74) is 2.49. The van der Waals surface area contributed by atoms with Crippen molar-refractivity contribution in [3.63, 3.8) is 0 Å². The molecule has 0 N–H and O–H groups in total. The van der Waals surface area contributed by atoms with Crippen LogP contribution in [0.1, 0.15) is 11.1 Å². The van der Waals surface area contributed by atoms with E-state index in [1.165, 1.54) is 11.1 Å². The first-order chi connectivity index (χ1) is 11.6. The summed E-state index contributed by atoms with van der Waals surface area (Å²) >= 11 is 0. The van der Waals surface area contributed by atoms with Crippen LogP contribution in [-0.2, 0) is 6.42 Å². The number of likely N-dealkylation sites (tertiary alicyclic amines) is 1. The van der Waals surface area contributed by atoms with Gasteiger partial charge in [-0.2, -0.15) is 0 Å². The summed E-state index contributed by atoms with van der Waals surface area (Å²) in [5.74, 6) is 1.01. The van der Waals surface area contributed by atoms with E-state index in [0.29, 0.717) is 18.6 Å². The molecule has 1 unspecified atom stereocenters. The predicted molar refractivity (Wildman–Crippen MR) is 99.6 cm³/mol. The van der Waals surface area contributed by atoms with Crippen molar-refractivity contribution < 1.29 is 4.74 Å². The van der Waals surface area contributed by atoms with Crippen molar-refractivity contribution in [1.82, 2.24) is 14.7 Å². The number of nitrogens with zero attached hydrogens (tertiary/aromatic N) is 3.